The first kappa shape index (κ1) is 11.6. The zero-order valence-electron chi connectivity index (χ0n) is 10.4. The second kappa shape index (κ2) is 4.65. The van der Waals surface area contributed by atoms with Crippen LogP contribution in [0.2, 0.25) is 0 Å². The smallest absolute Gasteiger partial charge is 0.156 e. The summed E-state index contributed by atoms with van der Waals surface area (Å²) in [5.41, 5.74) is 1.61. The number of benzene rings is 2. The molecule has 2 aromatic carbocycles. The molecule has 0 saturated carbocycles. The van der Waals surface area contributed by atoms with Gasteiger partial charge in [-0.15, -0.1) is 10.2 Å². The standard InChI is InChI=1S/C15H12FN3/c1-17-15-13-5-3-2-4-12(13)14(18-19-15)10-6-8-11(16)9-7-10/h2-9H,1H3,(H,17,19). The SMILES string of the molecule is CNc1nnc(-c2ccc(F)cc2)c2ccccc12. The van der Waals surface area contributed by atoms with E-state index in [1.165, 1.54) is 12.1 Å². The van der Waals surface area contributed by atoms with Gasteiger partial charge in [0.1, 0.15) is 11.5 Å². The zero-order valence-corrected chi connectivity index (χ0v) is 10.4. The maximum atomic E-state index is 13.0. The molecule has 0 aliphatic rings. The molecule has 4 heteroatoms. The molecular weight excluding hydrogens is 241 g/mol. The molecule has 0 amide bonds. The Balaban J connectivity index is 2.27. The molecule has 3 rings (SSSR count). The van der Waals surface area contributed by atoms with Crippen LogP contribution in [-0.2, 0) is 0 Å². The lowest BCUT2D eigenvalue weighted by Crippen LogP contribution is -1.98. The third-order valence-corrected chi connectivity index (χ3v) is 3.04. The molecule has 0 aliphatic carbocycles. The molecule has 0 unspecified atom stereocenters. The lowest BCUT2D eigenvalue weighted by molar-refractivity contribution is 0.628. The Morgan fingerprint density at radius 2 is 1.58 bits per heavy atom. The van der Waals surface area contributed by atoms with E-state index >= 15 is 0 Å². The van der Waals surface area contributed by atoms with E-state index in [0.717, 1.165) is 27.8 Å². The van der Waals surface area contributed by atoms with Crippen molar-refractivity contribution in [3.8, 4) is 11.3 Å². The summed E-state index contributed by atoms with van der Waals surface area (Å²) in [5, 5.41) is 13.4. The first-order valence-corrected chi connectivity index (χ1v) is 5.98. The fourth-order valence-electron chi connectivity index (χ4n) is 2.11. The maximum absolute atomic E-state index is 13.0. The molecule has 0 radical (unpaired) electrons. The third kappa shape index (κ3) is 2.01. The van der Waals surface area contributed by atoms with Crippen LogP contribution in [0.1, 0.15) is 0 Å². The van der Waals surface area contributed by atoms with E-state index in [4.69, 9.17) is 0 Å². The van der Waals surface area contributed by atoms with Crippen LogP contribution in [-0.4, -0.2) is 17.2 Å². The van der Waals surface area contributed by atoms with E-state index in [0.29, 0.717) is 0 Å². The van der Waals surface area contributed by atoms with Crippen molar-refractivity contribution in [3.05, 3.63) is 54.3 Å². The number of fused-ring (bicyclic) bond motifs is 1. The Hall–Kier alpha value is -2.49. The van der Waals surface area contributed by atoms with Gasteiger partial charge in [-0.25, -0.2) is 4.39 Å². The zero-order chi connectivity index (χ0) is 13.2. The van der Waals surface area contributed by atoms with Crippen molar-refractivity contribution >= 4 is 16.6 Å². The van der Waals surface area contributed by atoms with Crippen molar-refractivity contribution in [3.63, 3.8) is 0 Å². The number of rotatable bonds is 2. The number of nitrogens with one attached hydrogen (secondary N) is 1. The third-order valence-electron chi connectivity index (χ3n) is 3.04. The van der Waals surface area contributed by atoms with Gasteiger partial charge in [0.25, 0.3) is 0 Å². The summed E-state index contributed by atoms with van der Waals surface area (Å²) in [5.74, 6) is 0.481. The minimum absolute atomic E-state index is 0.257. The predicted octanol–water partition coefficient (Wildman–Crippen LogP) is 3.48. The summed E-state index contributed by atoms with van der Waals surface area (Å²) in [6, 6.07) is 14.2. The van der Waals surface area contributed by atoms with Crippen LogP contribution in [0.4, 0.5) is 10.2 Å². The van der Waals surface area contributed by atoms with Crippen LogP contribution in [0.3, 0.4) is 0 Å². The minimum atomic E-state index is -0.257. The quantitative estimate of drug-likeness (QED) is 0.759. The summed E-state index contributed by atoms with van der Waals surface area (Å²) >= 11 is 0. The molecule has 1 N–H and O–H groups in total. The molecule has 19 heavy (non-hydrogen) atoms. The Kier molecular flexibility index (Phi) is 2.83. The van der Waals surface area contributed by atoms with Crippen molar-refractivity contribution in [2.45, 2.75) is 0 Å². The molecule has 94 valence electrons. The lowest BCUT2D eigenvalue weighted by atomic mass is 10.0. The first-order chi connectivity index (χ1) is 9.29. The number of aromatic nitrogens is 2. The van der Waals surface area contributed by atoms with Gasteiger partial charge in [-0.3, -0.25) is 0 Å². The summed E-state index contributed by atoms with van der Waals surface area (Å²) in [6.45, 7) is 0. The van der Waals surface area contributed by atoms with Gasteiger partial charge in [-0.2, -0.15) is 0 Å². The van der Waals surface area contributed by atoms with Gasteiger partial charge in [0, 0.05) is 23.4 Å². The highest BCUT2D eigenvalue weighted by molar-refractivity contribution is 5.99. The summed E-state index contributed by atoms with van der Waals surface area (Å²) in [4.78, 5) is 0. The summed E-state index contributed by atoms with van der Waals surface area (Å²) in [6.07, 6.45) is 0. The second-order valence-electron chi connectivity index (χ2n) is 4.20. The highest BCUT2D eigenvalue weighted by Crippen LogP contribution is 2.29. The number of nitrogens with zero attached hydrogens (tertiary/aromatic N) is 2. The number of hydrogen-bond acceptors (Lipinski definition) is 3. The van der Waals surface area contributed by atoms with Gasteiger partial charge in [-0.1, -0.05) is 24.3 Å². The molecule has 3 nitrogen and oxygen atoms in total. The molecular formula is C15H12FN3. The van der Waals surface area contributed by atoms with E-state index < -0.39 is 0 Å². The van der Waals surface area contributed by atoms with Crippen molar-refractivity contribution in [1.29, 1.82) is 0 Å². The Morgan fingerprint density at radius 1 is 0.895 bits per heavy atom. The molecule has 0 atom stereocenters. The van der Waals surface area contributed by atoms with Gasteiger partial charge in [-0.05, 0) is 24.3 Å². The van der Waals surface area contributed by atoms with Crippen LogP contribution < -0.4 is 5.32 Å². The van der Waals surface area contributed by atoms with E-state index in [1.807, 2.05) is 31.3 Å². The topological polar surface area (TPSA) is 37.8 Å². The fourth-order valence-corrected chi connectivity index (χ4v) is 2.11. The minimum Gasteiger partial charge on any atom is -0.371 e. The summed E-state index contributed by atoms with van der Waals surface area (Å²) < 4.78 is 13.0. The van der Waals surface area contributed by atoms with Crippen LogP contribution in [0, 0.1) is 5.82 Å². The van der Waals surface area contributed by atoms with Gasteiger partial charge >= 0.3 is 0 Å². The number of hydrogen-bond donors (Lipinski definition) is 1. The van der Waals surface area contributed by atoms with Gasteiger partial charge in [0.05, 0.1) is 0 Å². The first-order valence-electron chi connectivity index (χ1n) is 5.98. The highest BCUT2D eigenvalue weighted by Gasteiger charge is 2.09. The number of anilines is 1. The van der Waals surface area contributed by atoms with Crippen LogP contribution in [0.25, 0.3) is 22.0 Å². The van der Waals surface area contributed by atoms with Crippen LogP contribution in [0.5, 0.6) is 0 Å². The van der Waals surface area contributed by atoms with Crippen molar-refractivity contribution < 1.29 is 4.39 Å². The maximum Gasteiger partial charge on any atom is 0.156 e. The van der Waals surface area contributed by atoms with E-state index in [-0.39, 0.29) is 5.82 Å². The average Bonchev–Trinajstić information content (AvgIpc) is 2.47. The molecule has 0 spiro atoms. The fraction of sp³-hybridized carbons (Fsp3) is 0.0667. The van der Waals surface area contributed by atoms with Gasteiger partial charge < -0.3 is 5.32 Å². The molecule has 3 aromatic rings. The second-order valence-corrected chi connectivity index (χ2v) is 4.20. The predicted molar refractivity (Wildman–Crippen MR) is 74.5 cm³/mol. The lowest BCUT2D eigenvalue weighted by Gasteiger charge is -2.08. The average molecular weight is 253 g/mol. The van der Waals surface area contributed by atoms with Gasteiger partial charge in [0.2, 0.25) is 0 Å². The van der Waals surface area contributed by atoms with Gasteiger partial charge in [0.15, 0.2) is 5.82 Å². The van der Waals surface area contributed by atoms with E-state index in [9.17, 15) is 4.39 Å². The Morgan fingerprint density at radius 3 is 2.26 bits per heavy atom. The van der Waals surface area contributed by atoms with Crippen LogP contribution >= 0.6 is 0 Å². The van der Waals surface area contributed by atoms with Crippen molar-refractivity contribution in [1.82, 2.24) is 10.2 Å². The molecule has 1 heterocycles. The molecule has 0 saturated heterocycles. The molecule has 0 fully saturated rings. The van der Waals surface area contributed by atoms with Crippen LogP contribution in [0.15, 0.2) is 48.5 Å². The largest absolute Gasteiger partial charge is 0.371 e. The Labute approximate surface area is 110 Å². The monoisotopic (exact) mass is 253 g/mol. The van der Waals surface area contributed by atoms with E-state index in [1.54, 1.807) is 12.1 Å². The highest BCUT2D eigenvalue weighted by atomic mass is 19.1. The Bertz CT molecular complexity index is 723. The van der Waals surface area contributed by atoms with Crippen molar-refractivity contribution in [2.75, 3.05) is 12.4 Å². The molecule has 0 bridgehead atoms. The van der Waals surface area contributed by atoms with E-state index in [2.05, 4.69) is 15.5 Å². The number of halogens is 1. The normalized spacial score (nSPS) is 10.6. The molecule has 1 aromatic heterocycles. The summed E-state index contributed by atoms with van der Waals surface area (Å²) in [7, 11) is 1.81. The molecule has 0 aliphatic heterocycles. The van der Waals surface area contributed by atoms with Crippen molar-refractivity contribution in [2.24, 2.45) is 0 Å².